The topological polar surface area (TPSA) is 142 Å². The zero-order valence-electron chi connectivity index (χ0n) is 19.8. The van der Waals surface area contributed by atoms with Gasteiger partial charge >= 0.3 is 0 Å². The molecular weight excluding hydrogens is 482 g/mol. The fraction of sp³-hybridized carbons (Fsp3) is 0.269. The zero-order chi connectivity index (χ0) is 26.2. The summed E-state index contributed by atoms with van der Waals surface area (Å²) >= 11 is 6.31. The summed E-state index contributed by atoms with van der Waals surface area (Å²) in [6, 6.07) is 11.2. The third-order valence-corrected chi connectivity index (χ3v) is 7.34. The third-order valence-electron chi connectivity index (χ3n) is 7.10. The molecule has 2 aromatic rings. The van der Waals surface area contributed by atoms with Gasteiger partial charge in [-0.15, -0.1) is 0 Å². The molecule has 0 fully saturated rings. The van der Waals surface area contributed by atoms with E-state index in [2.05, 4.69) is 11.4 Å². The van der Waals surface area contributed by atoms with Crippen molar-refractivity contribution in [2.45, 2.75) is 39.0 Å². The summed E-state index contributed by atoms with van der Waals surface area (Å²) in [6.45, 7) is 5.62. The molecule has 0 saturated carbocycles. The van der Waals surface area contributed by atoms with Crippen LogP contribution in [0.5, 0.6) is 0 Å². The summed E-state index contributed by atoms with van der Waals surface area (Å²) < 4.78 is 0. The molecule has 0 bridgehead atoms. The third kappa shape index (κ3) is 3.08. The van der Waals surface area contributed by atoms with Crippen molar-refractivity contribution in [3.05, 3.63) is 85.3 Å². The van der Waals surface area contributed by atoms with Crippen LogP contribution in [-0.2, 0) is 15.0 Å². The van der Waals surface area contributed by atoms with Gasteiger partial charge in [0, 0.05) is 46.1 Å². The molecule has 1 aliphatic carbocycles. The zero-order valence-corrected chi connectivity index (χ0v) is 20.6. The van der Waals surface area contributed by atoms with Crippen LogP contribution < -0.4 is 16.0 Å². The number of nitro groups is 1. The summed E-state index contributed by atoms with van der Waals surface area (Å²) in [4.78, 5) is 40.2. The van der Waals surface area contributed by atoms with Gasteiger partial charge in [-0.2, -0.15) is 5.26 Å². The molecule has 2 heterocycles. The van der Waals surface area contributed by atoms with Gasteiger partial charge in [0.05, 0.1) is 16.2 Å². The highest BCUT2D eigenvalue weighted by Crippen LogP contribution is 2.57. The van der Waals surface area contributed by atoms with Crippen LogP contribution in [0.1, 0.15) is 37.8 Å². The lowest BCUT2D eigenvalue weighted by Gasteiger charge is -2.47. The summed E-state index contributed by atoms with van der Waals surface area (Å²) in [7, 11) is 0. The van der Waals surface area contributed by atoms with Gasteiger partial charge in [-0.1, -0.05) is 31.5 Å². The predicted octanol–water partition coefficient (Wildman–Crippen LogP) is 4.60. The van der Waals surface area contributed by atoms with E-state index in [1.807, 2.05) is 13.8 Å². The Balaban J connectivity index is 1.92. The van der Waals surface area contributed by atoms with Crippen LogP contribution in [0.4, 0.5) is 17.1 Å². The monoisotopic (exact) mass is 503 g/mol. The smallest absolute Gasteiger partial charge is 0.271 e. The first-order valence-electron chi connectivity index (χ1n) is 11.3. The molecule has 0 aromatic heterocycles. The fourth-order valence-electron chi connectivity index (χ4n) is 5.62. The summed E-state index contributed by atoms with van der Waals surface area (Å²) in [6.07, 6.45) is 0.498. The number of nitrogens with one attached hydrogen (secondary N) is 1. The number of ketones is 1. The van der Waals surface area contributed by atoms with E-state index in [0.29, 0.717) is 39.6 Å². The summed E-state index contributed by atoms with van der Waals surface area (Å²) in [5.41, 5.74) is 6.56. The van der Waals surface area contributed by atoms with Crippen molar-refractivity contribution in [3.63, 3.8) is 0 Å². The lowest BCUT2D eigenvalue weighted by atomic mass is 9.60. The number of carbonyl (C=O) groups excluding carboxylic acids is 2. The minimum absolute atomic E-state index is 0.0617. The molecule has 182 valence electrons. The minimum Gasteiger partial charge on any atom is -0.384 e. The van der Waals surface area contributed by atoms with Crippen molar-refractivity contribution >= 4 is 40.4 Å². The van der Waals surface area contributed by atoms with Crippen LogP contribution in [0.2, 0.25) is 5.02 Å². The van der Waals surface area contributed by atoms with Gasteiger partial charge in [-0.25, -0.2) is 0 Å². The van der Waals surface area contributed by atoms with Gasteiger partial charge in [0.15, 0.2) is 5.78 Å². The van der Waals surface area contributed by atoms with Crippen molar-refractivity contribution in [1.82, 2.24) is 0 Å². The molecule has 1 spiro atoms. The van der Waals surface area contributed by atoms with Gasteiger partial charge in [-0.05, 0) is 42.5 Å². The Morgan fingerprint density at radius 2 is 1.92 bits per heavy atom. The second-order valence-corrected chi connectivity index (χ2v) is 10.5. The number of nitriles is 1. The van der Waals surface area contributed by atoms with Crippen molar-refractivity contribution in [3.8, 4) is 6.07 Å². The number of hydrogen-bond acceptors (Lipinski definition) is 7. The van der Waals surface area contributed by atoms with Crippen LogP contribution in [0.25, 0.3) is 0 Å². The van der Waals surface area contributed by atoms with E-state index >= 15 is 0 Å². The van der Waals surface area contributed by atoms with Crippen molar-refractivity contribution in [1.29, 1.82) is 5.26 Å². The second kappa shape index (κ2) is 7.67. The molecule has 1 amide bonds. The first-order chi connectivity index (χ1) is 16.9. The maximum absolute atomic E-state index is 13.9. The van der Waals surface area contributed by atoms with E-state index < -0.39 is 21.7 Å². The van der Waals surface area contributed by atoms with Crippen LogP contribution in [0.15, 0.2) is 59.1 Å². The molecule has 9 nitrogen and oxygen atoms in total. The molecule has 10 heteroatoms. The average Bonchev–Trinajstić information content (AvgIpc) is 3.05. The molecule has 0 radical (unpaired) electrons. The molecule has 2 aliphatic heterocycles. The molecule has 1 unspecified atom stereocenters. The number of allylic oxidation sites excluding steroid dienone is 1. The van der Waals surface area contributed by atoms with Gasteiger partial charge in [0.25, 0.3) is 5.69 Å². The Bertz CT molecular complexity index is 1520. The fourth-order valence-corrected chi connectivity index (χ4v) is 5.79. The Labute approximate surface area is 212 Å². The Kier molecular flexibility index (Phi) is 5.02. The number of nitrogens with zero attached hydrogens (tertiary/aromatic N) is 3. The Morgan fingerprint density at radius 1 is 1.19 bits per heavy atom. The number of non-ortho nitro benzene ring substituents is 1. The van der Waals surface area contributed by atoms with Crippen LogP contribution in [0.3, 0.4) is 0 Å². The molecule has 5 rings (SSSR count). The molecule has 2 aromatic carbocycles. The lowest BCUT2D eigenvalue weighted by molar-refractivity contribution is -0.384. The molecule has 36 heavy (non-hydrogen) atoms. The molecule has 1 atom stereocenters. The standard InChI is InChI=1S/C26H22ClN5O4/c1-13-4-6-15(32(35)36)9-19(13)31-20-10-25(2,3)11-21(33)22(20)26(17(12-28)23(31)29)16-8-14(27)5-7-18(16)30-24(26)34/h4-9H,10-11,29H2,1-3H3,(H,30,34). The normalized spacial score (nSPS) is 22.4. The predicted molar refractivity (Wildman–Crippen MR) is 134 cm³/mol. The number of nitro benzene ring substituents is 1. The van der Waals surface area contributed by atoms with E-state index in [0.717, 1.165) is 0 Å². The van der Waals surface area contributed by atoms with Gasteiger partial charge in [0.2, 0.25) is 5.91 Å². The number of carbonyl (C=O) groups is 2. The molecule has 3 N–H and O–H groups in total. The van der Waals surface area contributed by atoms with Crippen LogP contribution >= 0.6 is 11.6 Å². The second-order valence-electron chi connectivity index (χ2n) is 10.1. The van der Waals surface area contributed by atoms with Crippen LogP contribution in [-0.4, -0.2) is 16.6 Å². The van der Waals surface area contributed by atoms with E-state index in [1.54, 1.807) is 31.2 Å². The highest BCUT2D eigenvalue weighted by Gasteiger charge is 2.61. The van der Waals surface area contributed by atoms with Gasteiger partial charge in [-0.3, -0.25) is 24.6 Å². The molecule has 3 aliphatic rings. The number of anilines is 2. The lowest BCUT2D eigenvalue weighted by Crippen LogP contribution is -2.52. The van der Waals surface area contributed by atoms with Gasteiger partial charge < -0.3 is 11.1 Å². The summed E-state index contributed by atoms with van der Waals surface area (Å²) in [5.74, 6) is -0.916. The van der Waals surface area contributed by atoms with E-state index in [4.69, 9.17) is 17.3 Å². The van der Waals surface area contributed by atoms with Gasteiger partial charge in [0.1, 0.15) is 17.3 Å². The van der Waals surface area contributed by atoms with E-state index in [-0.39, 0.29) is 34.9 Å². The number of aryl methyl sites for hydroxylation is 1. The number of benzene rings is 2. The van der Waals surface area contributed by atoms with Crippen molar-refractivity contribution < 1.29 is 14.5 Å². The Hall–Kier alpha value is -4.16. The largest absolute Gasteiger partial charge is 0.384 e. The number of hydrogen-bond donors (Lipinski definition) is 2. The van der Waals surface area contributed by atoms with Crippen LogP contribution in [0, 0.1) is 33.8 Å². The van der Waals surface area contributed by atoms with E-state index in [9.17, 15) is 25.0 Å². The first-order valence-corrected chi connectivity index (χ1v) is 11.6. The maximum atomic E-state index is 13.9. The SMILES string of the molecule is Cc1ccc([N+](=O)[O-])cc1N1C(N)=C(C#N)C2(C(=O)Nc3ccc(Cl)cc32)C2=C1CC(C)(C)CC2=O. The number of nitrogens with two attached hydrogens (primary N) is 1. The number of amides is 1. The number of rotatable bonds is 2. The highest BCUT2D eigenvalue weighted by molar-refractivity contribution is 6.31. The minimum atomic E-state index is -1.77. The van der Waals surface area contributed by atoms with E-state index in [1.165, 1.54) is 17.0 Å². The Morgan fingerprint density at radius 3 is 2.58 bits per heavy atom. The number of halogens is 1. The number of Topliss-reactive ketones (excluding diaryl/α,β-unsaturated/α-hetero) is 1. The molecular formula is C26H22ClN5O4. The summed E-state index contributed by atoms with van der Waals surface area (Å²) in [5, 5.41) is 25.1. The average molecular weight is 504 g/mol. The maximum Gasteiger partial charge on any atom is 0.271 e. The number of fused-ring (bicyclic) bond motifs is 3. The highest BCUT2D eigenvalue weighted by atomic mass is 35.5. The first kappa shape index (κ1) is 23.6. The molecule has 0 saturated heterocycles. The van der Waals surface area contributed by atoms with Crippen molar-refractivity contribution in [2.24, 2.45) is 11.1 Å². The quantitative estimate of drug-likeness (QED) is 0.450. The van der Waals surface area contributed by atoms with Crippen molar-refractivity contribution in [2.75, 3.05) is 10.2 Å².